The minimum atomic E-state index is -2.33. The highest BCUT2D eigenvalue weighted by atomic mass is 19.3. The maximum Gasteiger partial charge on any atom is 0.251 e. The van der Waals surface area contributed by atoms with Crippen molar-refractivity contribution in [1.82, 2.24) is 10.2 Å². The van der Waals surface area contributed by atoms with Gasteiger partial charge in [0.2, 0.25) is 0 Å². The molecule has 0 saturated carbocycles. The Kier molecular flexibility index (Phi) is 8.85. The van der Waals surface area contributed by atoms with Crippen molar-refractivity contribution in [2.45, 2.75) is 20.3 Å². The monoisotopic (exact) mass is 224 g/mol. The van der Waals surface area contributed by atoms with Crippen LogP contribution in [0.25, 0.3) is 0 Å². The Morgan fingerprint density at radius 2 is 2.00 bits per heavy atom. The minimum absolute atomic E-state index is 0.0688. The SMILES string of the molecule is CCNCC(C)CN(CCO)CC(F)F. The number of hydrogen-bond donors (Lipinski definition) is 2. The zero-order valence-corrected chi connectivity index (χ0v) is 9.55. The van der Waals surface area contributed by atoms with Crippen LogP contribution in [0.3, 0.4) is 0 Å². The standard InChI is InChI=1S/C10H22F2N2O/c1-3-13-6-9(2)7-14(4-5-15)8-10(11)12/h9-10,13,15H,3-8H2,1-2H3. The fourth-order valence-electron chi connectivity index (χ4n) is 1.49. The van der Waals surface area contributed by atoms with Gasteiger partial charge in [0.1, 0.15) is 0 Å². The van der Waals surface area contributed by atoms with Gasteiger partial charge in [0.15, 0.2) is 0 Å². The first-order chi connectivity index (χ1) is 7.10. The van der Waals surface area contributed by atoms with E-state index in [1.165, 1.54) is 0 Å². The van der Waals surface area contributed by atoms with Crippen molar-refractivity contribution < 1.29 is 13.9 Å². The first kappa shape index (κ1) is 14.7. The van der Waals surface area contributed by atoms with Crippen molar-refractivity contribution in [1.29, 1.82) is 0 Å². The van der Waals surface area contributed by atoms with Crippen LogP contribution in [0.2, 0.25) is 0 Å². The number of rotatable bonds is 9. The second-order valence-corrected chi connectivity index (χ2v) is 3.79. The van der Waals surface area contributed by atoms with Gasteiger partial charge in [-0.15, -0.1) is 0 Å². The van der Waals surface area contributed by atoms with Crippen LogP contribution < -0.4 is 5.32 Å². The third kappa shape index (κ3) is 8.72. The van der Waals surface area contributed by atoms with E-state index in [1.54, 1.807) is 4.90 Å². The van der Waals surface area contributed by atoms with E-state index in [2.05, 4.69) is 5.32 Å². The highest BCUT2D eigenvalue weighted by molar-refractivity contribution is 4.65. The summed E-state index contributed by atoms with van der Waals surface area (Å²) in [5, 5.41) is 11.9. The second kappa shape index (κ2) is 9.00. The second-order valence-electron chi connectivity index (χ2n) is 3.79. The zero-order valence-electron chi connectivity index (χ0n) is 9.55. The van der Waals surface area contributed by atoms with Crippen molar-refractivity contribution in [2.75, 3.05) is 39.3 Å². The summed E-state index contributed by atoms with van der Waals surface area (Å²) in [5.41, 5.74) is 0. The summed E-state index contributed by atoms with van der Waals surface area (Å²) in [4.78, 5) is 1.60. The number of aliphatic hydroxyl groups excluding tert-OH is 1. The molecule has 0 amide bonds. The predicted octanol–water partition coefficient (Wildman–Crippen LogP) is 0.791. The number of nitrogens with one attached hydrogen (secondary N) is 1. The molecule has 0 aliphatic carbocycles. The van der Waals surface area contributed by atoms with Gasteiger partial charge in [-0.2, -0.15) is 0 Å². The van der Waals surface area contributed by atoms with Crippen LogP contribution in [-0.2, 0) is 0 Å². The summed E-state index contributed by atoms with van der Waals surface area (Å²) in [5.74, 6) is 0.315. The van der Waals surface area contributed by atoms with Gasteiger partial charge in [0.25, 0.3) is 6.43 Å². The van der Waals surface area contributed by atoms with E-state index in [1.807, 2.05) is 13.8 Å². The van der Waals surface area contributed by atoms with Crippen LogP contribution in [0.4, 0.5) is 8.78 Å². The smallest absolute Gasteiger partial charge is 0.251 e. The van der Waals surface area contributed by atoms with Crippen molar-refractivity contribution in [3.05, 3.63) is 0 Å². The van der Waals surface area contributed by atoms with E-state index in [9.17, 15) is 8.78 Å². The Morgan fingerprint density at radius 1 is 1.33 bits per heavy atom. The lowest BCUT2D eigenvalue weighted by Gasteiger charge is -2.24. The van der Waals surface area contributed by atoms with E-state index in [4.69, 9.17) is 5.11 Å². The van der Waals surface area contributed by atoms with Crippen molar-refractivity contribution in [2.24, 2.45) is 5.92 Å². The van der Waals surface area contributed by atoms with E-state index in [-0.39, 0.29) is 13.2 Å². The van der Waals surface area contributed by atoms with Crippen LogP contribution in [-0.4, -0.2) is 55.8 Å². The number of halogens is 2. The zero-order chi connectivity index (χ0) is 11.7. The quantitative estimate of drug-likeness (QED) is 0.608. The van der Waals surface area contributed by atoms with Crippen LogP contribution >= 0.6 is 0 Å². The Hall–Kier alpha value is -0.260. The fourth-order valence-corrected chi connectivity index (χ4v) is 1.49. The molecular formula is C10H22F2N2O. The molecule has 0 saturated heterocycles. The molecule has 0 bridgehead atoms. The molecule has 1 unspecified atom stereocenters. The minimum Gasteiger partial charge on any atom is -0.395 e. The van der Waals surface area contributed by atoms with Crippen LogP contribution in [0, 0.1) is 5.92 Å². The molecule has 0 aliphatic rings. The molecule has 0 rings (SSSR count). The van der Waals surface area contributed by atoms with Gasteiger partial charge in [-0.05, 0) is 19.0 Å². The van der Waals surface area contributed by atoms with E-state index >= 15 is 0 Å². The Bertz CT molecular complexity index is 147. The molecule has 1 atom stereocenters. The molecule has 92 valence electrons. The van der Waals surface area contributed by atoms with Gasteiger partial charge >= 0.3 is 0 Å². The van der Waals surface area contributed by atoms with Gasteiger partial charge in [-0.25, -0.2) is 8.78 Å². The van der Waals surface area contributed by atoms with Crippen molar-refractivity contribution in [3.63, 3.8) is 0 Å². The fraction of sp³-hybridized carbons (Fsp3) is 1.00. The van der Waals surface area contributed by atoms with Crippen LogP contribution in [0.5, 0.6) is 0 Å². The maximum absolute atomic E-state index is 12.2. The summed E-state index contributed by atoms with van der Waals surface area (Å²) in [6, 6.07) is 0. The molecule has 0 spiro atoms. The molecule has 0 radical (unpaired) electrons. The topological polar surface area (TPSA) is 35.5 Å². The highest BCUT2D eigenvalue weighted by Crippen LogP contribution is 2.02. The molecule has 3 nitrogen and oxygen atoms in total. The van der Waals surface area contributed by atoms with Crippen LogP contribution in [0.1, 0.15) is 13.8 Å². The highest BCUT2D eigenvalue weighted by Gasteiger charge is 2.14. The molecule has 2 N–H and O–H groups in total. The third-order valence-corrected chi connectivity index (χ3v) is 2.13. The Labute approximate surface area is 90.5 Å². The molecule has 0 fully saturated rings. The number of hydrogen-bond acceptors (Lipinski definition) is 3. The van der Waals surface area contributed by atoms with Crippen LogP contribution in [0.15, 0.2) is 0 Å². The molecule has 0 aromatic heterocycles. The average Bonchev–Trinajstić information content (AvgIpc) is 2.14. The van der Waals surface area contributed by atoms with Crippen molar-refractivity contribution in [3.8, 4) is 0 Å². The molecule has 0 heterocycles. The largest absolute Gasteiger partial charge is 0.395 e. The molecule has 15 heavy (non-hydrogen) atoms. The lowest BCUT2D eigenvalue weighted by molar-refractivity contribution is 0.0712. The molecule has 0 aromatic carbocycles. The van der Waals surface area contributed by atoms with E-state index in [0.717, 1.165) is 13.1 Å². The average molecular weight is 224 g/mol. The normalized spacial score (nSPS) is 13.8. The lowest BCUT2D eigenvalue weighted by Crippen LogP contribution is -2.37. The first-order valence-electron chi connectivity index (χ1n) is 5.42. The molecule has 5 heteroatoms. The maximum atomic E-state index is 12.2. The molecular weight excluding hydrogens is 202 g/mol. The number of alkyl halides is 2. The number of aliphatic hydroxyl groups is 1. The Morgan fingerprint density at radius 3 is 2.47 bits per heavy atom. The lowest BCUT2D eigenvalue weighted by atomic mass is 10.1. The summed E-state index contributed by atoms with van der Waals surface area (Å²) in [6.07, 6.45) is -2.33. The van der Waals surface area contributed by atoms with Gasteiger partial charge in [0.05, 0.1) is 13.2 Å². The summed E-state index contributed by atoms with van der Waals surface area (Å²) < 4.78 is 24.3. The Balaban J connectivity index is 3.81. The van der Waals surface area contributed by atoms with E-state index in [0.29, 0.717) is 19.0 Å². The summed E-state index contributed by atoms with van der Waals surface area (Å²) in [6.45, 7) is 6.33. The summed E-state index contributed by atoms with van der Waals surface area (Å²) >= 11 is 0. The van der Waals surface area contributed by atoms with Gasteiger partial charge in [0, 0.05) is 13.1 Å². The first-order valence-corrected chi connectivity index (χ1v) is 5.42. The molecule has 0 aromatic rings. The third-order valence-electron chi connectivity index (χ3n) is 2.13. The van der Waals surface area contributed by atoms with E-state index < -0.39 is 6.43 Å². The summed E-state index contributed by atoms with van der Waals surface area (Å²) in [7, 11) is 0. The van der Waals surface area contributed by atoms with Gasteiger partial charge in [-0.1, -0.05) is 13.8 Å². The van der Waals surface area contributed by atoms with Gasteiger partial charge in [-0.3, -0.25) is 4.90 Å². The van der Waals surface area contributed by atoms with Gasteiger partial charge < -0.3 is 10.4 Å². The molecule has 0 aliphatic heterocycles. The predicted molar refractivity (Wildman–Crippen MR) is 57.2 cm³/mol. The number of nitrogens with zero attached hydrogens (tertiary/aromatic N) is 1. The van der Waals surface area contributed by atoms with Crippen molar-refractivity contribution >= 4 is 0 Å².